The third kappa shape index (κ3) is 5.32. The molecule has 0 amide bonds. The summed E-state index contributed by atoms with van der Waals surface area (Å²) >= 11 is 0. The molecule has 2 rings (SSSR count). The summed E-state index contributed by atoms with van der Waals surface area (Å²) in [5, 5.41) is 0. The Kier molecular flexibility index (Phi) is 10.4. The minimum Gasteiger partial charge on any atom is -0.382 e. The Bertz CT molecular complexity index is 586. The Hall–Kier alpha value is -0.336. The maximum absolute atomic E-state index is 12.0. The number of hydrogen-bond donors (Lipinski definition) is 1. The van der Waals surface area contributed by atoms with E-state index in [2.05, 4.69) is 11.9 Å². The van der Waals surface area contributed by atoms with Gasteiger partial charge in [0.05, 0.1) is 12.7 Å². The zero-order valence-corrected chi connectivity index (χ0v) is 16.7. The average Bonchev–Trinajstić information content (AvgIpc) is 2.85. The fourth-order valence-corrected chi connectivity index (χ4v) is 2.54. The van der Waals surface area contributed by atoms with E-state index in [9.17, 15) is 9.59 Å². The molecule has 3 atom stereocenters. The van der Waals surface area contributed by atoms with Gasteiger partial charge in [0, 0.05) is 65.1 Å². The minimum atomic E-state index is -0.481. The predicted octanol–water partition coefficient (Wildman–Crippen LogP) is 0.700. The van der Waals surface area contributed by atoms with Crippen LogP contribution >= 0.6 is 0 Å². The van der Waals surface area contributed by atoms with Crippen LogP contribution in [0, 0.1) is 14.4 Å². The number of nitrogens with zero attached hydrogens (tertiary/aromatic N) is 1. The van der Waals surface area contributed by atoms with Crippen molar-refractivity contribution < 1.29 is 46.9 Å². The van der Waals surface area contributed by atoms with Gasteiger partial charge < -0.3 is 28.6 Å². The van der Waals surface area contributed by atoms with E-state index in [0.29, 0.717) is 31.4 Å². The summed E-state index contributed by atoms with van der Waals surface area (Å²) in [7, 11) is 3.19. The summed E-state index contributed by atoms with van der Waals surface area (Å²) in [6, 6.07) is 0. The number of aryl methyl sites for hydroxylation is 1. The van der Waals surface area contributed by atoms with Crippen molar-refractivity contribution in [2.75, 3.05) is 20.8 Å². The second-order valence-electron chi connectivity index (χ2n) is 5.02. The van der Waals surface area contributed by atoms with Crippen LogP contribution in [-0.2, 0) is 53.3 Å². The van der Waals surface area contributed by atoms with Crippen molar-refractivity contribution in [2.45, 2.75) is 37.7 Å². The molecule has 7 nitrogen and oxygen atoms in total. The van der Waals surface area contributed by atoms with E-state index in [0.717, 1.165) is 0 Å². The van der Waals surface area contributed by atoms with Crippen LogP contribution in [0.15, 0.2) is 15.8 Å². The number of aromatic amines is 1. The maximum atomic E-state index is 12.0. The van der Waals surface area contributed by atoms with Gasteiger partial charge in [-0.25, -0.2) is 4.79 Å². The largest absolute Gasteiger partial charge is 0.382 e. The Labute approximate surface area is 161 Å². The van der Waals surface area contributed by atoms with Gasteiger partial charge in [-0.1, -0.05) is 0 Å². The molecule has 8 heteroatoms. The molecule has 1 fully saturated rings. The SMILES string of the molecule is [CH2-]CCc1cn([C@H]2CC(OC)[C@@H](COC)O2)c(=O)[nH]c1=O.[CH3-].[Y]. The van der Waals surface area contributed by atoms with Crippen molar-refractivity contribution in [1.82, 2.24) is 9.55 Å². The van der Waals surface area contributed by atoms with Gasteiger partial charge in [-0.3, -0.25) is 14.3 Å². The van der Waals surface area contributed by atoms with Crippen LogP contribution in [-0.4, -0.2) is 42.6 Å². The summed E-state index contributed by atoms with van der Waals surface area (Å²) in [5.74, 6) is 0. The molecule has 1 saturated heterocycles. The molecule has 1 aromatic heterocycles. The molecular formula is C15H24N2O5Y-2. The standard InChI is InChI=1S/C14H21N2O5.CH3.Y/c1-4-5-9-7-16(14(18)15-13(9)17)12-6-10(20-3)11(21-12)8-19-2;;/h7,10-12H,1,4-6,8H2,2-3H3,(H,15,17,18);1H3;/q2*-1;/t10?,11-,12-;;/m1../s1. The maximum Gasteiger partial charge on any atom is 0.330 e. The van der Waals surface area contributed by atoms with Gasteiger partial charge in [0.1, 0.15) is 12.3 Å². The Morgan fingerprint density at radius 3 is 2.70 bits per heavy atom. The van der Waals surface area contributed by atoms with E-state index < -0.39 is 11.9 Å². The molecule has 2 heterocycles. The summed E-state index contributed by atoms with van der Waals surface area (Å²) in [5.41, 5.74) is -0.322. The number of hydrogen-bond acceptors (Lipinski definition) is 5. The molecule has 1 aliphatic rings. The van der Waals surface area contributed by atoms with Crippen LogP contribution in [0.3, 0.4) is 0 Å². The molecule has 1 aromatic rings. The fraction of sp³-hybridized carbons (Fsp3) is 0.600. The Morgan fingerprint density at radius 2 is 2.13 bits per heavy atom. The van der Waals surface area contributed by atoms with E-state index in [1.54, 1.807) is 20.4 Å². The quantitative estimate of drug-likeness (QED) is 0.710. The number of ether oxygens (including phenoxy) is 3. The first-order valence-corrected chi connectivity index (χ1v) is 6.91. The number of rotatable bonds is 6. The van der Waals surface area contributed by atoms with Gasteiger partial charge in [0.15, 0.2) is 0 Å². The van der Waals surface area contributed by atoms with Crippen LogP contribution in [0.2, 0.25) is 0 Å². The third-order valence-corrected chi connectivity index (χ3v) is 3.61. The summed E-state index contributed by atoms with van der Waals surface area (Å²) in [4.78, 5) is 26.0. The molecule has 0 bridgehead atoms. The second-order valence-corrected chi connectivity index (χ2v) is 5.02. The fourth-order valence-electron chi connectivity index (χ4n) is 2.54. The van der Waals surface area contributed by atoms with E-state index in [4.69, 9.17) is 14.2 Å². The van der Waals surface area contributed by atoms with E-state index in [1.165, 1.54) is 4.57 Å². The van der Waals surface area contributed by atoms with Crippen molar-refractivity contribution in [3.05, 3.63) is 46.9 Å². The van der Waals surface area contributed by atoms with Crippen molar-refractivity contribution in [3.63, 3.8) is 0 Å². The predicted molar refractivity (Wildman–Crippen MR) is 82.6 cm³/mol. The second kappa shape index (κ2) is 10.5. The van der Waals surface area contributed by atoms with E-state index >= 15 is 0 Å². The third-order valence-electron chi connectivity index (χ3n) is 3.61. The zero-order valence-electron chi connectivity index (χ0n) is 13.9. The number of nitrogens with one attached hydrogen (secondary N) is 1. The summed E-state index contributed by atoms with van der Waals surface area (Å²) in [6.07, 6.45) is 2.32. The molecule has 0 aromatic carbocycles. The van der Waals surface area contributed by atoms with Gasteiger partial charge in [-0.2, -0.15) is 6.42 Å². The van der Waals surface area contributed by atoms with Crippen molar-refractivity contribution in [3.8, 4) is 0 Å². The van der Waals surface area contributed by atoms with Crippen LogP contribution in [0.25, 0.3) is 0 Å². The van der Waals surface area contributed by atoms with E-state index in [1.807, 2.05) is 0 Å². The number of methoxy groups -OCH3 is 2. The molecule has 1 aliphatic heterocycles. The molecular weight excluding hydrogens is 377 g/mol. The minimum absolute atomic E-state index is 0. The van der Waals surface area contributed by atoms with Crippen LogP contribution in [0.4, 0.5) is 0 Å². The molecule has 1 N–H and O–H groups in total. The van der Waals surface area contributed by atoms with Crippen LogP contribution in [0.5, 0.6) is 0 Å². The van der Waals surface area contributed by atoms with E-state index in [-0.39, 0.29) is 57.9 Å². The smallest absolute Gasteiger partial charge is 0.330 e. The summed E-state index contributed by atoms with van der Waals surface area (Å²) < 4.78 is 17.7. The first kappa shape index (κ1) is 22.7. The van der Waals surface area contributed by atoms with Crippen LogP contribution in [0.1, 0.15) is 24.6 Å². The average molecular weight is 401 g/mol. The van der Waals surface area contributed by atoms with Gasteiger partial charge in [0.2, 0.25) is 0 Å². The van der Waals surface area contributed by atoms with Gasteiger partial charge in [-0.15, -0.1) is 0 Å². The molecule has 0 saturated carbocycles. The van der Waals surface area contributed by atoms with Gasteiger partial charge in [-0.05, 0) is 6.42 Å². The van der Waals surface area contributed by atoms with Crippen molar-refractivity contribution in [2.24, 2.45) is 0 Å². The molecule has 1 radical (unpaired) electrons. The topological polar surface area (TPSA) is 82.6 Å². The molecule has 23 heavy (non-hydrogen) atoms. The van der Waals surface area contributed by atoms with Gasteiger partial charge >= 0.3 is 5.69 Å². The Balaban J connectivity index is 0.00000242. The van der Waals surface area contributed by atoms with Crippen molar-refractivity contribution >= 4 is 0 Å². The van der Waals surface area contributed by atoms with Crippen molar-refractivity contribution in [1.29, 1.82) is 0 Å². The molecule has 0 spiro atoms. The first-order chi connectivity index (χ1) is 10.1. The number of H-pyrrole nitrogens is 1. The molecule has 129 valence electrons. The molecule has 1 unspecified atom stereocenters. The molecule has 0 aliphatic carbocycles. The Morgan fingerprint density at radius 1 is 1.43 bits per heavy atom. The first-order valence-electron chi connectivity index (χ1n) is 6.91. The number of aromatic nitrogens is 2. The summed E-state index contributed by atoms with van der Waals surface area (Å²) in [6.45, 7) is 4.11. The van der Waals surface area contributed by atoms with Crippen LogP contribution < -0.4 is 11.2 Å². The zero-order chi connectivity index (χ0) is 15.4. The normalized spacial score (nSPS) is 23.2. The van der Waals surface area contributed by atoms with Gasteiger partial charge in [0.25, 0.3) is 5.56 Å². The monoisotopic (exact) mass is 401 g/mol.